The number of hydrogen-bond acceptors (Lipinski definition) is 3. The molecule has 0 aliphatic carbocycles. The van der Waals surface area contributed by atoms with Crippen LogP contribution in [0.1, 0.15) is 19.3 Å². The van der Waals surface area contributed by atoms with Crippen molar-refractivity contribution in [2.45, 2.75) is 25.3 Å². The van der Waals surface area contributed by atoms with Crippen LogP contribution in [0.15, 0.2) is 0 Å². The van der Waals surface area contributed by atoms with Crippen LogP contribution in [-0.4, -0.2) is 38.3 Å². The zero-order valence-electron chi connectivity index (χ0n) is 8.42. The second-order valence-corrected chi connectivity index (χ2v) is 4.08. The first-order chi connectivity index (χ1) is 6.86. The van der Waals surface area contributed by atoms with Gasteiger partial charge in [-0.3, -0.25) is 4.79 Å². The highest BCUT2D eigenvalue weighted by atomic mass is 16.5. The molecule has 0 spiro atoms. The van der Waals surface area contributed by atoms with Crippen molar-refractivity contribution in [3.8, 4) is 0 Å². The van der Waals surface area contributed by atoms with E-state index in [0.29, 0.717) is 6.04 Å². The van der Waals surface area contributed by atoms with Gasteiger partial charge in [0.25, 0.3) is 0 Å². The topological polar surface area (TPSA) is 50.4 Å². The van der Waals surface area contributed by atoms with Gasteiger partial charge in [0.15, 0.2) is 0 Å². The molecule has 1 unspecified atom stereocenters. The molecule has 80 valence electrons. The standard InChI is InChI=1S/C10H18N2O2/c13-10(8-2-5-14-6-3-8)12-9-1-4-11-7-9/h8-9,11H,1-7H2,(H,12,13). The van der Waals surface area contributed by atoms with Crippen molar-refractivity contribution < 1.29 is 9.53 Å². The predicted octanol–water partition coefficient (Wildman–Crippen LogP) is -0.109. The first kappa shape index (κ1) is 9.93. The van der Waals surface area contributed by atoms with Crippen molar-refractivity contribution >= 4 is 5.91 Å². The van der Waals surface area contributed by atoms with Crippen LogP contribution in [0, 0.1) is 5.92 Å². The van der Waals surface area contributed by atoms with Gasteiger partial charge in [0.05, 0.1) is 0 Å². The molecule has 2 N–H and O–H groups in total. The number of nitrogens with one attached hydrogen (secondary N) is 2. The number of carbonyl (C=O) groups is 1. The molecular weight excluding hydrogens is 180 g/mol. The van der Waals surface area contributed by atoms with Crippen molar-refractivity contribution in [1.29, 1.82) is 0 Å². The maximum absolute atomic E-state index is 11.8. The molecule has 4 heteroatoms. The van der Waals surface area contributed by atoms with E-state index in [4.69, 9.17) is 4.74 Å². The van der Waals surface area contributed by atoms with Gasteiger partial charge in [-0.05, 0) is 25.8 Å². The van der Waals surface area contributed by atoms with Crippen LogP contribution in [0.25, 0.3) is 0 Å². The van der Waals surface area contributed by atoms with Gasteiger partial charge < -0.3 is 15.4 Å². The SMILES string of the molecule is O=C(NC1CCNC1)C1CCOCC1. The molecule has 1 atom stereocenters. The maximum atomic E-state index is 11.8. The Hall–Kier alpha value is -0.610. The van der Waals surface area contributed by atoms with E-state index >= 15 is 0 Å². The molecule has 0 bridgehead atoms. The Kier molecular flexibility index (Phi) is 3.37. The molecule has 14 heavy (non-hydrogen) atoms. The minimum atomic E-state index is 0.185. The van der Waals surface area contributed by atoms with Gasteiger partial charge in [-0.25, -0.2) is 0 Å². The van der Waals surface area contributed by atoms with Crippen LogP contribution in [0.4, 0.5) is 0 Å². The highest BCUT2D eigenvalue weighted by Crippen LogP contribution is 2.15. The van der Waals surface area contributed by atoms with Gasteiger partial charge >= 0.3 is 0 Å². The lowest BCUT2D eigenvalue weighted by molar-refractivity contribution is -0.128. The summed E-state index contributed by atoms with van der Waals surface area (Å²) < 4.78 is 5.23. The first-order valence-electron chi connectivity index (χ1n) is 5.45. The minimum absolute atomic E-state index is 0.185. The molecule has 2 rings (SSSR count). The summed E-state index contributed by atoms with van der Waals surface area (Å²) in [6.45, 7) is 3.43. The van der Waals surface area contributed by atoms with E-state index in [0.717, 1.165) is 45.6 Å². The summed E-state index contributed by atoms with van der Waals surface area (Å²) in [4.78, 5) is 11.8. The monoisotopic (exact) mass is 198 g/mol. The fourth-order valence-electron chi connectivity index (χ4n) is 2.06. The molecule has 2 saturated heterocycles. The quantitative estimate of drug-likeness (QED) is 0.651. The van der Waals surface area contributed by atoms with Crippen LogP contribution in [-0.2, 0) is 9.53 Å². The summed E-state index contributed by atoms with van der Waals surface area (Å²) in [5.74, 6) is 0.409. The number of ether oxygens (including phenoxy) is 1. The number of rotatable bonds is 2. The van der Waals surface area contributed by atoms with E-state index in [-0.39, 0.29) is 11.8 Å². The smallest absolute Gasteiger partial charge is 0.223 e. The Morgan fingerprint density at radius 3 is 2.71 bits per heavy atom. The van der Waals surface area contributed by atoms with Gasteiger partial charge in [-0.2, -0.15) is 0 Å². The third-order valence-electron chi connectivity index (χ3n) is 3.00. The van der Waals surface area contributed by atoms with E-state index in [1.807, 2.05) is 0 Å². The van der Waals surface area contributed by atoms with Crippen LogP contribution in [0.5, 0.6) is 0 Å². The van der Waals surface area contributed by atoms with Crippen molar-refractivity contribution in [1.82, 2.24) is 10.6 Å². The largest absolute Gasteiger partial charge is 0.381 e. The summed E-state index contributed by atoms with van der Waals surface area (Å²) in [5, 5.41) is 6.33. The molecule has 2 aliphatic rings. The van der Waals surface area contributed by atoms with Crippen molar-refractivity contribution in [3.05, 3.63) is 0 Å². The van der Waals surface area contributed by atoms with Crippen LogP contribution in [0.2, 0.25) is 0 Å². The molecule has 0 saturated carbocycles. The van der Waals surface area contributed by atoms with Gasteiger partial charge in [-0.15, -0.1) is 0 Å². The fourth-order valence-corrected chi connectivity index (χ4v) is 2.06. The van der Waals surface area contributed by atoms with Crippen LogP contribution in [0.3, 0.4) is 0 Å². The zero-order valence-corrected chi connectivity index (χ0v) is 8.42. The Morgan fingerprint density at radius 2 is 2.07 bits per heavy atom. The molecule has 4 nitrogen and oxygen atoms in total. The lowest BCUT2D eigenvalue weighted by Crippen LogP contribution is -2.41. The molecule has 2 aliphatic heterocycles. The molecule has 0 aromatic rings. The van der Waals surface area contributed by atoms with Gasteiger partial charge in [0, 0.05) is 31.7 Å². The lowest BCUT2D eigenvalue weighted by atomic mass is 9.99. The average molecular weight is 198 g/mol. The summed E-state index contributed by atoms with van der Waals surface area (Å²) in [7, 11) is 0. The molecule has 0 aromatic heterocycles. The molecule has 0 radical (unpaired) electrons. The lowest BCUT2D eigenvalue weighted by Gasteiger charge is -2.22. The van der Waals surface area contributed by atoms with E-state index in [1.165, 1.54) is 0 Å². The molecule has 2 fully saturated rings. The fraction of sp³-hybridized carbons (Fsp3) is 0.900. The molecule has 1 amide bonds. The summed E-state index contributed by atoms with van der Waals surface area (Å²) in [5.41, 5.74) is 0. The molecule has 2 heterocycles. The van der Waals surface area contributed by atoms with Crippen molar-refractivity contribution in [2.24, 2.45) is 5.92 Å². The second kappa shape index (κ2) is 4.75. The Labute approximate surface area is 84.4 Å². The van der Waals surface area contributed by atoms with E-state index in [2.05, 4.69) is 10.6 Å². The highest BCUT2D eigenvalue weighted by molar-refractivity contribution is 5.79. The van der Waals surface area contributed by atoms with E-state index in [9.17, 15) is 4.79 Å². The Balaban J connectivity index is 1.75. The van der Waals surface area contributed by atoms with E-state index in [1.54, 1.807) is 0 Å². The summed E-state index contributed by atoms with van der Waals surface area (Å²) in [6, 6.07) is 0.352. The van der Waals surface area contributed by atoms with Gasteiger partial charge in [-0.1, -0.05) is 0 Å². The molecular formula is C10H18N2O2. The number of carbonyl (C=O) groups excluding carboxylic acids is 1. The number of hydrogen-bond donors (Lipinski definition) is 2. The van der Waals surface area contributed by atoms with Gasteiger partial charge in [0.2, 0.25) is 5.91 Å². The second-order valence-electron chi connectivity index (χ2n) is 4.08. The number of amides is 1. The van der Waals surface area contributed by atoms with Crippen LogP contribution >= 0.6 is 0 Å². The van der Waals surface area contributed by atoms with E-state index < -0.39 is 0 Å². The zero-order chi connectivity index (χ0) is 9.80. The Morgan fingerprint density at radius 1 is 1.29 bits per heavy atom. The van der Waals surface area contributed by atoms with Gasteiger partial charge in [0.1, 0.15) is 0 Å². The van der Waals surface area contributed by atoms with Crippen LogP contribution < -0.4 is 10.6 Å². The first-order valence-corrected chi connectivity index (χ1v) is 5.45. The van der Waals surface area contributed by atoms with Crippen molar-refractivity contribution in [2.75, 3.05) is 26.3 Å². The maximum Gasteiger partial charge on any atom is 0.223 e. The van der Waals surface area contributed by atoms with Crippen molar-refractivity contribution in [3.63, 3.8) is 0 Å². The summed E-state index contributed by atoms with van der Waals surface area (Å²) >= 11 is 0. The third kappa shape index (κ3) is 2.45. The minimum Gasteiger partial charge on any atom is -0.381 e. The predicted molar refractivity (Wildman–Crippen MR) is 53.0 cm³/mol. The third-order valence-corrected chi connectivity index (χ3v) is 3.00. The highest BCUT2D eigenvalue weighted by Gasteiger charge is 2.24. The Bertz CT molecular complexity index is 196. The normalized spacial score (nSPS) is 29.0. The summed E-state index contributed by atoms with van der Waals surface area (Å²) in [6.07, 6.45) is 2.83. The average Bonchev–Trinajstić information content (AvgIpc) is 2.72. The molecule has 0 aromatic carbocycles.